The minimum absolute atomic E-state index is 0.00644. The summed E-state index contributed by atoms with van der Waals surface area (Å²) >= 11 is 0. The molecule has 0 aromatic heterocycles. The summed E-state index contributed by atoms with van der Waals surface area (Å²) in [6.07, 6.45) is 1.88. The second kappa shape index (κ2) is 5.97. The molecule has 126 valence electrons. The summed E-state index contributed by atoms with van der Waals surface area (Å²) in [5.74, 6) is 0.400. The lowest BCUT2D eigenvalue weighted by molar-refractivity contribution is 0.461. The number of nitrogens with zero attached hydrogens (tertiary/aromatic N) is 3. The van der Waals surface area contributed by atoms with Crippen molar-refractivity contribution in [3.8, 4) is 11.1 Å². The molecule has 2 aliphatic heterocycles. The van der Waals surface area contributed by atoms with E-state index in [-0.39, 0.29) is 5.75 Å². The second-order valence-corrected chi connectivity index (χ2v) is 7.82. The number of sulfonamides is 1. The molecule has 0 saturated heterocycles. The molecule has 0 fully saturated rings. The standard InChI is InChI=1S/C19H17N3O2S/c1-14-13-18(19-21-25(23,24)12-11-22(19)20-14)17-9-7-16(8-10-17)15-5-3-2-4-6-15/h2-10,13H,11-12H2,1H3. The molecule has 0 spiro atoms. The SMILES string of the molecule is CC1=NN2CCS(=O)(=O)N=C2C(c2ccc(-c3ccccc3)cc2)=C1. The van der Waals surface area contributed by atoms with Crippen LogP contribution in [0.1, 0.15) is 12.5 Å². The van der Waals surface area contributed by atoms with Crippen LogP contribution < -0.4 is 0 Å². The number of fused-ring (bicyclic) bond motifs is 1. The zero-order chi connectivity index (χ0) is 17.4. The van der Waals surface area contributed by atoms with Gasteiger partial charge >= 0.3 is 0 Å². The van der Waals surface area contributed by atoms with Crippen molar-refractivity contribution in [1.29, 1.82) is 0 Å². The smallest absolute Gasteiger partial charge is 0.245 e. The summed E-state index contributed by atoms with van der Waals surface area (Å²) in [7, 11) is -3.43. The molecule has 6 heteroatoms. The molecule has 5 nitrogen and oxygen atoms in total. The van der Waals surface area contributed by atoms with Crippen LogP contribution in [0.25, 0.3) is 16.7 Å². The molecule has 0 amide bonds. The molecule has 0 radical (unpaired) electrons. The first kappa shape index (κ1) is 15.8. The quantitative estimate of drug-likeness (QED) is 0.835. The van der Waals surface area contributed by atoms with Gasteiger partial charge in [0, 0.05) is 5.57 Å². The molecule has 0 unspecified atom stereocenters. The van der Waals surface area contributed by atoms with Gasteiger partial charge in [0.2, 0.25) is 0 Å². The first-order valence-corrected chi connectivity index (χ1v) is 9.66. The molecule has 25 heavy (non-hydrogen) atoms. The Bertz CT molecular complexity index is 1000. The minimum Gasteiger partial charge on any atom is -0.245 e. The Kier molecular flexibility index (Phi) is 3.77. The van der Waals surface area contributed by atoms with E-state index in [9.17, 15) is 8.42 Å². The third-order valence-corrected chi connectivity index (χ3v) is 5.36. The highest BCUT2D eigenvalue weighted by molar-refractivity contribution is 7.90. The molecule has 2 aromatic carbocycles. The van der Waals surface area contributed by atoms with Crippen molar-refractivity contribution < 1.29 is 8.42 Å². The molecule has 0 aliphatic carbocycles. The molecule has 0 saturated carbocycles. The molecule has 2 aliphatic rings. The Morgan fingerprint density at radius 2 is 1.56 bits per heavy atom. The fourth-order valence-electron chi connectivity index (χ4n) is 3.00. The zero-order valence-corrected chi connectivity index (χ0v) is 14.6. The van der Waals surface area contributed by atoms with Crippen molar-refractivity contribution >= 4 is 27.1 Å². The predicted molar refractivity (Wildman–Crippen MR) is 101 cm³/mol. The number of hydrogen-bond acceptors (Lipinski definition) is 4. The van der Waals surface area contributed by atoms with Gasteiger partial charge in [-0.3, -0.25) is 0 Å². The molecule has 4 rings (SSSR count). The highest BCUT2D eigenvalue weighted by atomic mass is 32.2. The van der Waals surface area contributed by atoms with Crippen LogP contribution in [0.5, 0.6) is 0 Å². The lowest BCUT2D eigenvalue weighted by Crippen LogP contribution is -2.39. The largest absolute Gasteiger partial charge is 0.256 e. The predicted octanol–water partition coefficient (Wildman–Crippen LogP) is 3.17. The van der Waals surface area contributed by atoms with Crippen LogP contribution in [-0.2, 0) is 10.0 Å². The van der Waals surface area contributed by atoms with Crippen LogP contribution in [0.15, 0.2) is 70.2 Å². The van der Waals surface area contributed by atoms with Gasteiger partial charge in [0.1, 0.15) is 0 Å². The van der Waals surface area contributed by atoms with E-state index in [0.717, 1.165) is 28.0 Å². The van der Waals surface area contributed by atoms with Crippen molar-refractivity contribution in [1.82, 2.24) is 5.01 Å². The average Bonchev–Trinajstić information content (AvgIpc) is 2.62. The monoisotopic (exact) mass is 351 g/mol. The molecule has 2 heterocycles. The van der Waals surface area contributed by atoms with Crippen molar-refractivity contribution in [3.05, 3.63) is 66.2 Å². The van der Waals surface area contributed by atoms with Gasteiger partial charge in [-0.05, 0) is 29.7 Å². The number of allylic oxidation sites excluding steroid dienone is 1. The Hall–Kier alpha value is -2.73. The third kappa shape index (κ3) is 3.13. The third-order valence-electron chi connectivity index (χ3n) is 4.21. The zero-order valence-electron chi connectivity index (χ0n) is 13.8. The number of benzene rings is 2. The lowest BCUT2D eigenvalue weighted by atomic mass is 9.98. The summed E-state index contributed by atoms with van der Waals surface area (Å²) in [4.78, 5) is 0. The Labute approximate surface area is 147 Å². The van der Waals surface area contributed by atoms with Crippen LogP contribution in [0.4, 0.5) is 0 Å². The highest BCUT2D eigenvalue weighted by Crippen LogP contribution is 2.28. The molecule has 0 N–H and O–H groups in total. The Morgan fingerprint density at radius 3 is 2.28 bits per heavy atom. The summed E-state index contributed by atoms with van der Waals surface area (Å²) in [5.41, 5.74) is 4.80. The summed E-state index contributed by atoms with van der Waals surface area (Å²) in [6, 6.07) is 18.2. The van der Waals surface area contributed by atoms with E-state index in [2.05, 4.69) is 21.6 Å². The van der Waals surface area contributed by atoms with E-state index in [0.29, 0.717) is 12.4 Å². The molecular formula is C19H17N3O2S. The minimum atomic E-state index is -3.43. The van der Waals surface area contributed by atoms with Crippen molar-refractivity contribution in [2.45, 2.75) is 6.92 Å². The number of rotatable bonds is 2. The van der Waals surface area contributed by atoms with Crippen LogP contribution in [0.3, 0.4) is 0 Å². The van der Waals surface area contributed by atoms with E-state index in [1.54, 1.807) is 5.01 Å². The van der Waals surface area contributed by atoms with Gasteiger partial charge < -0.3 is 0 Å². The number of hydrazone groups is 1. The van der Waals surface area contributed by atoms with Crippen molar-refractivity contribution in [2.75, 3.05) is 12.3 Å². The highest BCUT2D eigenvalue weighted by Gasteiger charge is 2.29. The fraction of sp³-hybridized carbons (Fsp3) is 0.158. The molecule has 0 atom stereocenters. The van der Waals surface area contributed by atoms with Gasteiger partial charge in [-0.1, -0.05) is 54.6 Å². The van der Waals surface area contributed by atoms with E-state index in [4.69, 9.17) is 0 Å². The maximum atomic E-state index is 11.9. The van der Waals surface area contributed by atoms with Crippen molar-refractivity contribution in [3.63, 3.8) is 0 Å². The fourth-order valence-corrected chi connectivity index (χ4v) is 3.95. The van der Waals surface area contributed by atoms with E-state index >= 15 is 0 Å². The van der Waals surface area contributed by atoms with Crippen LogP contribution in [0, 0.1) is 0 Å². The van der Waals surface area contributed by atoms with Crippen LogP contribution in [-0.4, -0.2) is 37.3 Å². The summed E-state index contributed by atoms with van der Waals surface area (Å²) in [5, 5.41) is 6.07. The lowest BCUT2D eigenvalue weighted by Gasteiger charge is -2.29. The average molecular weight is 351 g/mol. The van der Waals surface area contributed by atoms with Gasteiger partial charge in [0.15, 0.2) is 5.84 Å². The normalized spacial score (nSPS) is 18.8. The molecular weight excluding hydrogens is 334 g/mol. The molecule has 0 bridgehead atoms. The Morgan fingerprint density at radius 1 is 0.920 bits per heavy atom. The van der Waals surface area contributed by atoms with Gasteiger partial charge in [0.25, 0.3) is 10.0 Å². The topological polar surface area (TPSA) is 62.1 Å². The first-order valence-electron chi connectivity index (χ1n) is 8.05. The summed E-state index contributed by atoms with van der Waals surface area (Å²) in [6.45, 7) is 2.23. The number of hydrogen-bond donors (Lipinski definition) is 0. The molecule has 2 aromatic rings. The van der Waals surface area contributed by atoms with Gasteiger partial charge in [0.05, 0.1) is 18.0 Å². The summed E-state index contributed by atoms with van der Waals surface area (Å²) < 4.78 is 27.8. The van der Waals surface area contributed by atoms with Gasteiger partial charge in [-0.25, -0.2) is 13.4 Å². The number of amidine groups is 1. The van der Waals surface area contributed by atoms with Crippen LogP contribution in [0.2, 0.25) is 0 Å². The van der Waals surface area contributed by atoms with Gasteiger partial charge in [-0.2, -0.15) is 5.10 Å². The Balaban J connectivity index is 1.75. The van der Waals surface area contributed by atoms with E-state index < -0.39 is 10.0 Å². The van der Waals surface area contributed by atoms with Crippen molar-refractivity contribution in [2.24, 2.45) is 9.50 Å². The second-order valence-electron chi connectivity index (χ2n) is 6.07. The van der Waals surface area contributed by atoms with E-state index in [1.165, 1.54) is 0 Å². The van der Waals surface area contributed by atoms with Crippen LogP contribution >= 0.6 is 0 Å². The maximum Gasteiger partial charge on any atom is 0.256 e. The first-order chi connectivity index (χ1) is 12.0. The van der Waals surface area contributed by atoms with Gasteiger partial charge in [-0.15, -0.1) is 4.40 Å². The maximum absolute atomic E-state index is 11.9. The van der Waals surface area contributed by atoms with E-state index in [1.807, 2.05) is 55.5 Å².